The average molecular weight is 790 g/mol. The minimum Gasteiger partial charge on any atom is -0.278 e. The Morgan fingerprint density at radius 3 is 1.25 bits per heavy atom. The summed E-state index contributed by atoms with van der Waals surface area (Å²) in [5, 5.41) is 7.85. The Morgan fingerprint density at radius 1 is 0.417 bits per heavy atom. The predicted molar refractivity (Wildman–Crippen MR) is 251 cm³/mol. The highest BCUT2D eigenvalue weighted by atomic mass is 28.3. The number of hydrogen-bond acceptors (Lipinski definition) is 2. The van der Waals surface area contributed by atoms with Gasteiger partial charge >= 0.3 is 0 Å². The summed E-state index contributed by atoms with van der Waals surface area (Å²) in [4.78, 5) is 10.9. The quantitative estimate of drug-likeness (QED) is 0.113. The van der Waals surface area contributed by atoms with Crippen molar-refractivity contribution in [3.63, 3.8) is 0 Å². The van der Waals surface area contributed by atoms with Gasteiger partial charge in [-0.2, -0.15) is 0 Å². The highest BCUT2D eigenvalue weighted by molar-refractivity contribution is 7.19. The van der Waals surface area contributed by atoms with Crippen molar-refractivity contribution in [2.75, 3.05) is 0 Å². The summed E-state index contributed by atoms with van der Waals surface area (Å²) in [6.07, 6.45) is 8.48. The van der Waals surface area contributed by atoms with Gasteiger partial charge < -0.3 is 0 Å². The Bertz CT molecular complexity index is 2810. The monoisotopic (exact) mass is 789 g/mol. The number of aromatic nitrogens is 3. The molecular weight excluding hydrogens is 743 g/mol. The Kier molecular flexibility index (Phi) is 8.38. The lowest BCUT2D eigenvalue weighted by Gasteiger charge is -2.57. The number of fused-ring (bicyclic) bond motifs is 3. The first-order chi connectivity index (χ1) is 29.6. The van der Waals surface area contributed by atoms with Gasteiger partial charge in [0.25, 0.3) is 0 Å². The minimum absolute atomic E-state index is 0.359. The van der Waals surface area contributed by atoms with Gasteiger partial charge in [0.05, 0.1) is 22.4 Å². The summed E-state index contributed by atoms with van der Waals surface area (Å²) in [7, 11) is -2.67. The van der Waals surface area contributed by atoms with Crippen LogP contribution in [0.5, 0.6) is 0 Å². The highest BCUT2D eigenvalue weighted by Crippen LogP contribution is 2.60. The Labute approximate surface area is 353 Å². The fourth-order valence-corrected chi connectivity index (χ4v) is 17.1. The fraction of sp³-hybridized carbons (Fsp3) is 0.179. The van der Waals surface area contributed by atoms with Crippen molar-refractivity contribution in [2.45, 2.75) is 43.9 Å². The number of benzene rings is 7. The van der Waals surface area contributed by atoms with Gasteiger partial charge in [0.1, 0.15) is 0 Å². The molecule has 0 radical (unpaired) electrons. The number of hydrogen-bond donors (Lipinski definition) is 0. The van der Waals surface area contributed by atoms with E-state index in [4.69, 9.17) is 9.97 Å². The molecule has 0 aliphatic heterocycles. The first kappa shape index (κ1) is 35.6. The SMILES string of the molecule is c1ccc([Si](c2ccccc2)(c2ccccc2)c2ccc(-c3cc(-c4ccc(C56CC7CC(CC(C7)C5)C6)cc4)nc(-n4c5ccccc5c5ccccc54)n3)cc2)cc1. The second kappa shape index (κ2) is 14.1. The van der Waals surface area contributed by atoms with Crippen molar-refractivity contribution < 1.29 is 0 Å². The molecule has 4 fully saturated rings. The fourth-order valence-electron chi connectivity index (χ4n) is 12.4. The van der Waals surface area contributed by atoms with E-state index in [1.54, 1.807) is 5.56 Å². The highest BCUT2D eigenvalue weighted by Gasteiger charge is 2.51. The molecule has 4 aliphatic carbocycles. The van der Waals surface area contributed by atoms with Crippen molar-refractivity contribution in [3.8, 4) is 28.5 Å². The van der Waals surface area contributed by atoms with E-state index in [0.29, 0.717) is 11.4 Å². The maximum atomic E-state index is 5.45. The third-order valence-electron chi connectivity index (χ3n) is 14.6. The Balaban J connectivity index is 1.02. The number of rotatable bonds is 8. The first-order valence-electron chi connectivity index (χ1n) is 21.9. The predicted octanol–water partition coefficient (Wildman–Crippen LogP) is 10.8. The lowest BCUT2D eigenvalue weighted by atomic mass is 9.48. The summed E-state index contributed by atoms with van der Waals surface area (Å²) in [6.45, 7) is 0. The van der Waals surface area contributed by atoms with E-state index in [1.807, 2.05) is 0 Å². The van der Waals surface area contributed by atoms with Crippen molar-refractivity contribution in [3.05, 3.63) is 200 Å². The summed E-state index contributed by atoms with van der Waals surface area (Å²) < 4.78 is 2.26. The zero-order valence-electron chi connectivity index (χ0n) is 33.8. The topological polar surface area (TPSA) is 30.7 Å². The van der Waals surface area contributed by atoms with Crippen LogP contribution in [0.25, 0.3) is 50.3 Å². The van der Waals surface area contributed by atoms with Crippen LogP contribution in [0.3, 0.4) is 0 Å². The van der Waals surface area contributed by atoms with Crippen LogP contribution >= 0.6 is 0 Å². The number of nitrogens with zero attached hydrogens (tertiary/aromatic N) is 3. The van der Waals surface area contributed by atoms with Crippen LogP contribution < -0.4 is 20.7 Å². The Hall–Kier alpha value is -6.36. The summed E-state index contributed by atoms with van der Waals surface area (Å²) in [6, 6.07) is 71.8. The van der Waals surface area contributed by atoms with Crippen LogP contribution in [0, 0.1) is 17.8 Å². The van der Waals surface area contributed by atoms with E-state index in [2.05, 4.69) is 199 Å². The van der Waals surface area contributed by atoms with Crippen molar-refractivity contribution in [2.24, 2.45) is 17.8 Å². The third kappa shape index (κ3) is 5.68. The van der Waals surface area contributed by atoms with Crippen LogP contribution in [-0.2, 0) is 5.41 Å². The van der Waals surface area contributed by atoms with Gasteiger partial charge in [-0.1, -0.05) is 176 Å². The summed E-state index contributed by atoms with van der Waals surface area (Å²) in [5.41, 5.74) is 8.19. The summed E-state index contributed by atoms with van der Waals surface area (Å²) in [5.74, 6) is 3.44. The van der Waals surface area contributed by atoms with Gasteiger partial charge in [-0.25, -0.2) is 9.97 Å². The van der Waals surface area contributed by atoms with Crippen LogP contribution in [0.4, 0.5) is 0 Å². The molecule has 0 unspecified atom stereocenters. The maximum Gasteiger partial charge on any atom is 0.235 e. The van der Waals surface area contributed by atoms with E-state index in [-0.39, 0.29) is 0 Å². The average Bonchev–Trinajstić information content (AvgIpc) is 3.65. The second-order valence-electron chi connectivity index (χ2n) is 18.0. The van der Waals surface area contributed by atoms with Gasteiger partial charge in [0, 0.05) is 21.9 Å². The largest absolute Gasteiger partial charge is 0.278 e. The van der Waals surface area contributed by atoms with E-state index >= 15 is 0 Å². The van der Waals surface area contributed by atoms with Gasteiger partial charge in [-0.3, -0.25) is 4.57 Å². The Morgan fingerprint density at radius 2 is 0.800 bits per heavy atom. The molecule has 2 heterocycles. The van der Waals surface area contributed by atoms with Crippen LogP contribution in [0.15, 0.2) is 194 Å². The molecule has 0 amide bonds. The molecular formula is C56H47N3Si. The lowest BCUT2D eigenvalue weighted by Crippen LogP contribution is -2.74. The van der Waals surface area contributed by atoms with Gasteiger partial charge in [-0.15, -0.1) is 0 Å². The van der Waals surface area contributed by atoms with Gasteiger partial charge in [0.15, 0.2) is 8.07 Å². The molecule has 0 N–H and O–H groups in total. The molecule has 290 valence electrons. The second-order valence-corrected chi connectivity index (χ2v) is 21.8. The number of para-hydroxylation sites is 2. The third-order valence-corrected chi connectivity index (χ3v) is 19.4. The van der Waals surface area contributed by atoms with E-state index in [1.165, 1.54) is 70.0 Å². The standard InChI is InChI=1S/C56H47N3Si/c1-4-14-45(15-5-1)60(46-16-6-2-7-17-46,47-18-8-3-9-19-47)48-30-26-43(27-31-48)52-35-51(42-24-28-44(29-25-42)56-36-39-32-40(37-56)34-41(33-39)38-56)57-55(58-52)59-53-22-12-10-20-49(53)50-21-11-13-23-54(50)59/h1-31,35,39-41H,32-34,36-38H2. The molecule has 13 rings (SSSR count). The molecule has 0 atom stereocenters. The first-order valence-corrected chi connectivity index (χ1v) is 23.9. The molecule has 2 aromatic heterocycles. The molecule has 3 nitrogen and oxygen atoms in total. The molecule has 0 saturated heterocycles. The summed E-state index contributed by atoms with van der Waals surface area (Å²) >= 11 is 0. The van der Waals surface area contributed by atoms with E-state index in [9.17, 15) is 0 Å². The molecule has 4 aliphatic rings. The minimum atomic E-state index is -2.67. The smallest absolute Gasteiger partial charge is 0.235 e. The van der Waals surface area contributed by atoms with Crippen LogP contribution in [-0.4, -0.2) is 22.6 Å². The van der Waals surface area contributed by atoms with Crippen LogP contribution in [0.2, 0.25) is 0 Å². The van der Waals surface area contributed by atoms with Crippen molar-refractivity contribution >= 4 is 50.6 Å². The molecule has 7 aromatic carbocycles. The zero-order chi connectivity index (χ0) is 39.7. The molecule has 9 aromatic rings. The van der Waals surface area contributed by atoms with Crippen LogP contribution in [0.1, 0.15) is 44.1 Å². The molecule has 4 saturated carbocycles. The zero-order valence-corrected chi connectivity index (χ0v) is 34.8. The maximum absolute atomic E-state index is 5.45. The normalized spacial score (nSPS) is 20.8. The van der Waals surface area contributed by atoms with Crippen molar-refractivity contribution in [1.29, 1.82) is 0 Å². The molecule has 0 spiro atoms. The van der Waals surface area contributed by atoms with Crippen molar-refractivity contribution in [1.82, 2.24) is 14.5 Å². The van der Waals surface area contributed by atoms with Gasteiger partial charge in [0.2, 0.25) is 5.95 Å². The molecule has 4 heteroatoms. The van der Waals surface area contributed by atoms with Gasteiger partial charge in [-0.05, 0) is 106 Å². The lowest BCUT2D eigenvalue weighted by molar-refractivity contribution is -0.00518. The molecule has 4 bridgehead atoms. The van der Waals surface area contributed by atoms with E-state index < -0.39 is 8.07 Å². The van der Waals surface area contributed by atoms with E-state index in [0.717, 1.165) is 51.3 Å². The molecule has 60 heavy (non-hydrogen) atoms.